The number of anilines is 1. The monoisotopic (exact) mass is 476 g/mol. The van der Waals surface area contributed by atoms with Gasteiger partial charge in [0.1, 0.15) is 11.6 Å². The Balaban J connectivity index is 1.29. The molecule has 2 aromatic heterocycles. The van der Waals surface area contributed by atoms with E-state index in [-0.39, 0.29) is 17.7 Å². The van der Waals surface area contributed by atoms with E-state index in [0.29, 0.717) is 29.1 Å². The summed E-state index contributed by atoms with van der Waals surface area (Å²) >= 11 is 0. The first-order chi connectivity index (χ1) is 17.0. The second-order valence-electron chi connectivity index (χ2n) is 8.73. The molecule has 180 valence electrons. The van der Waals surface area contributed by atoms with Crippen LogP contribution in [-0.4, -0.2) is 64.5 Å². The van der Waals surface area contributed by atoms with Gasteiger partial charge in [0.15, 0.2) is 6.29 Å². The molecule has 6 rings (SSSR count). The van der Waals surface area contributed by atoms with Crippen LogP contribution in [0.2, 0.25) is 0 Å². The number of nitrogens with zero attached hydrogens (tertiary/aromatic N) is 4. The number of carbonyl (C=O) groups is 1. The molecule has 4 aliphatic heterocycles. The first kappa shape index (κ1) is 22.7. The fourth-order valence-corrected chi connectivity index (χ4v) is 4.86. The molecular weight excluding hydrogens is 451 g/mol. The summed E-state index contributed by atoms with van der Waals surface area (Å²) in [6, 6.07) is 8.50. The number of fused-ring (bicyclic) bond motifs is 2. The molecule has 3 saturated heterocycles. The number of piperidine rings is 1. The van der Waals surface area contributed by atoms with Gasteiger partial charge < -0.3 is 20.1 Å². The van der Waals surface area contributed by atoms with Gasteiger partial charge in [-0.3, -0.25) is 15.1 Å². The number of aromatic nitrogens is 2. The van der Waals surface area contributed by atoms with E-state index in [4.69, 9.17) is 10.1 Å². The van der Waals surface area contributed by atoms with Crippen LogP contribution < -0.4 is 15.0 Å². The van der Waals surface area contributed by atoms with Gasteiger partial charge in [-0.15, -0.1) is 0 Å². The normalized spacial score (nSPS) is 22.9. The highest BCUT2D eigenvalue weighted by molar-refractivity contribution is 6.12. The van der Waals surface area contributed by atoms with Gasteiger partial charge in [-0.2, -0.15) is 4.39 Å². The van der Waals surface area contributed by atoms with Crippen molar-refractivity contribution >= 4 is 23.6 Å². The van der Waals surface area contributed by atoms with Gasteiger partial charge >= 0.3 is 0 Å². The average Bonchev–Trinajstić information content (AvgIpc) is 2.88. The molecule has 35 heavy (non-hydrogen) atoms. The van der Waals surface area contributed by atoms with Gasteiger partial charge in [0.25, 0.3) is 0 Å². The Morgan fingerprint density at radius 2 is 2.06 bits per heavy atom. The van der Waals surface area contributed by atoms with Crippen LogP contribution in [0.1, 0.15) is 17.5 Å². The first-order valence-electron chi connectivity index (χ1n) is 11.2. The molecule has 2 aromatic rings. The van der Waals surface area contributed by atoms with Gasteiger partial charge in [0.2, 0.25) is 11.8 Å². The molecule has 0 aliphatic carbocycles. The molecule has 0 radical (unpaired) electrons. The van der Waals surface area contributed by atoms with Crippen molar-refractivity contribution in [2.24, 2.45) is 0 Å². The van der Waals surface area contributed by atoms with Gasteiger partial charge in [-0.1, -0.05) is 6.07 Å². The highest BCUT2D eigenvalue weighted by Crippen LogP contribution is 2.36. The number of aliphatic hydroxyl groups excluding tert-OH is 1. The van der Waals surface area contributed by atoms with Gasteiger partial charge in [-0.25, -0.2) is 9.97 Å². The van der Waals surface area contributed by atoms with E-state index in [9.17, 15) is 14.3 Å². The molecule has 10 heteroatoms. The largest absolute Gasteiger partial charge is 0.506 e. The zero-order chi connectivity index (χ0) is 24.5. The van der Waals surface area contributed by atoms with E-state index < -0.39 is 11.5 Å². The maximum Gasteiger partial charge on any atom is 0.218 e. The molecule has 3 fully saturated rings. The molecular formula is C25H25FN6O3. The lowest BCUT2D eigenvalue weighted by atomic mass is 9.87. The third-order valence-corrected chi connectivity index (χ3v) is 6.65. The minimum absolute atomic E-state index is 0.0771. The Morgan fingerprint density at radius 3 is 2.66 bits per heavy atom. The third kappa shape index (κ3) is 4.40. The Morgan fingerprint density at radius 1 is 1.26 bits per heavy atom. The summed E-state index contributed by atoms with van der Waals surface area (Å²) in [6.45, 7) is 2.57. The lowest BCUT2D eigenvalue weighted by Crippen LogP contribution is -2.68. The SMILES string of the molecule is COc1ccc(CN2C3CC2CN(c2ccc(C4=CC(O)=CN/C4=C(/C=O)C(=N)F)cn2)C3)cn1. The smallest absolute Gasteiger partial charge is 0.218 e. The predicted molar refractivity (Wildman–Crippen MR) is 129 cm³/mol. The van der Waals surface area contributed by atoms with Crippen molar-refractivity contribution in [1.82, 2.24) is 20.2 Å². The molecule has 0 spiro atoms. The van der Waals surface area contributed by atoms with Crippen LogP contribution in [0, 0.1) is 5.41 Å². The molecule has 0 aromatic carbocycles. The molecule has 6 heterocycles. The molecule has 0 saturated carbocycles. The topological polar surface area (TPSA) is 115 Å². The number of methoxy groups -OCH3 is 1. The van der Waals surface area contributed by atoms with Crippen LogP contribution in [0.5, 0.6) is 5.88 Å². The third-order valence-electron chi connectivity index (χ3n) is 6.65. The summed E-state index contributed by atoms with van der Waals surface area (Å²) in [5, 5.41) is 19.9. The number of halogens is 1. The number of ether oxygens (including phenoxy) is 1. The van der Waals surface area contributed by atoms with Crippen LogP contribution in [-0.2, 0) is 11.3 Å². The lowest BCUT2D eigenvalue weighted by molar-refractivity contribution is -0.104. The summed E-state index contributed by atoms with van der Waals surface area (Å²) in [4.78, 5) is 25.0. The zero-order valence-corrected chi connectivity index (χ0v) is 19.1. The number of pyridine rings is 2. The lowest BCUT2D eigenvalue weighted by Gasteiger charge is -2.56. The van der Waals surface area contributed by atoms with Crippen LogP contribution >= 0.6 is 0 Å². The molecule has 2 unspecified atom stereocenters. The van der Waals surface area contributed by atoms with Crippen molar-refractivity contribution in [1.29, 1.82) is 5.41 Å². The summed E-state index contributed by atoms with van der Waals surface area (Å²) in [6.07, 6.45) is 7.57. The van der Waals surface area contributed by atoms with Crippen molar-refractivity contribution in [3.8, 4) is 5.88 Å². The summed E-state index contributed by atoms with van der Waals surface area (Å²) in [7, 11) is 1.61. The standard InChI is InChI=1S/C25H25FN6O3/c1-35-23-5-2-15(8-29-23)11-32-17-6-18(32)13-31(12-17)22-4-3-16(9-28-22)20-7-19(34)10-30-24(20)21(14-33)25(26)27/h2-5,7-10,14,17-18,27,30,34H,6,11-13H2,1H3/b24-21-,27-25?. The summed E-state index contributed by atoms with van der Waals surface area (Å²) in [5.74, 6) is 0.0111. The van der Waals surface area contributed by atoms with Crippen LogP contribution in [0.25, 0.3) is 5.57 Å². The molecule has 0 amide bonds. The fraction of sp³-hybridized carbons (Fsp3) is 0.280. The minimum atomic E-state index is -1.35. The van der Waals surface area contributed by atoms with Crippen molar-refractivity contribution in [3.63, 3.8) is 0 Å². The van der Waals surface area contributed by atoms with Crippen molar-refractivity contribution in [2.45, 2.75) is 25.0 Å². The van der Waals surface area contributed by atoms with Gasteiger partial charge in [0.05, 0.1) is 18.4 Å². The molecule has 4 aliphatic rings. The number of nitrogens with one attached hydrogen (secondary N) is 2. The van der Waals surface area contributed by atoms with Crippen molar-refractivity contribution in [2.75, 3.05) is 25.1 Å². The number of allylic oxidation sites excluding steroid dienone is 3. The Hall–Kier alpha value is -4.05. The molecule has 2 bridgehead atoms. The fourth-order valence-electron chi connectivity index (χ4n) is 4.86. The number of hydrogen-bond donors (Lipinski definition) is 3. The Bertz CT molecular complexity index is 1230. The number of carbonyl (C=O) groups excluding carboxylic acids is 1. The predicted octanol–water partition coefficient (Wildman–Crippen LogP) is 2.73. The Kier molecular flexibility index (Phi) is 6.04. The van der Waals surface area contributed by atoms with E-state index in [1.807, 2.05) is 30.5 Å². The highest BCUT2D eigenvalue weighted by atomic mass is 19.1. The van der Waals surface area contributed by atoms with Crippen LogP contribution in [0.15, 0.2) is 66.0 Å². The highest BCUT2D eigenvalue weighted by Gasteiger charge is 2.44. The summed E-state index contributed by atoms with van der Waals surface area (Å²) in [5.41, 5.74) is 1.82. The average molecular weight is 477 g/mol. The second kappa shape index (κ2) is 9.30. The minimum Gasteiger partial charge on any atom is -0.506 e. The number of rotatable bonds is 7. The van der Waals surface area contributed by atoms with Crippen LogP contribution in [0.4, 0.5) is 10.2 Å². The zero-order valence-electron chi connectivity index (χ0n) is 19.1. The number of aliphatic hydroxyl groups is 1. The Labute approximate surface area is 201 Å². The number of hydrogen-bond acceptors (Lipinski definition) is 9. The van der Waals surface area contributed by atoms with Crippen LogP contribution in [0.3, 0.4) is 0 Å². The molecule has 3 N–H and O–H groups in total. The van der Waals surface area contributed by atoms with Crippen molar-refractivity contribution < 1.29 is 19.0 Å². The van der Waals surface area contributed by atoms with Gasteiger partial charge in [-0.05, 0) is 30.2 Å². The quantitative estimate of drug-likeness (QED) is 0.318. The number of aldehydes is 1. The van der Waals surface area contributed by atoms with Gasteiger partial charge in [0, 0.05) is 67.5 Å². The number of dihydropyridines is 1. The molecule has 9 nitrogen and oxygen atoms in total. The van der Waals surface area contributed by atoms with E-state index in [1.165, 1.54) is 12.3 Å². The van der Waals surface area contributed by atoms with E-state index in [0.717, 1.165) is 37.4 Å². The van der Waals surface area contributed by atoms with E-state index >= 15 is 0 Å². The van der Waals surface area contributed by atoms with Crippen molar-refractivity contribution in [3.05, 3.63) is 77.1 Å². The second-order valence-corrected chi connectivity index (χ2v) is 8.73. The maximum absolute atomic E-state index is 13.6. The first-order valence-corrected chi connectivity index (χ1v) is 11.2. The maximum atomic E-state index is 13.6. The van der Waals surface area contributed by atoms with E-state index in [1.54, 1.807) is 13.3 Å². The molecule has 2 atom stereocenters. The number of piperazine rings is 1. The summed E-state index contributed by atoms with van der Waals surface area (Å²) < 4.78 is 18.7. The van der Waals surface area contributed by atoms with E-state index in [2.05, 4.69) is 25.1 Å².